The van der Waals surface area contributed by atoms with Gasteiger partial charge in [-0.3, -0.25) is 0 Å². The van der Waals surface area contributed by atoms with Crippen LogP contribution < -0.4 is 5.69 Å². The summed E-state index contributed by atoms with van der Waals surface area (Å²) in [6, 6.07) is 3.36. The van der Waals surface area contributed by atoms with E-state index >= 15 is 0 Å². The maximum absolute atomic E-state index is 12.5. The van der Waals surface area contributed by atoms with Crippen LogP contribution in [0.2, 0.25) is 0 Å². The lowest BCUT2D eigenvalue weighted by molar-refractivity contribution is 0.151. The van der Waals surface area contributed by atoms with Crippen molar-refractivity contribution in [3.63, 3.8) is 0 Å². The number of hydrogen-bond donors (Lipinski definition) is 1. The highest BCUT2D eigenvalue weighted by atomic mass is 19.3. The summed E-state index contributed by atoms with van der Waals surface area (Å²) in [5, 5.41) is 8.62. The molecule has 0 bridgehead atoms. The minimum atomic E-state index is -2.77. The Morgan fingerprint density at radius 1 is 1.53 bits per heavy atom. The van der Waals surface area contributed by atoms with E-state index in [2.05, 4.69) is 10.4 Å². The van der Waals surface area contributed by atoms with Crippen LogP contribution in [-0.4, -0.2) is 20.2 Å². The Balaban J connectivity index is 2.63. The van der Waals surface area contributed by atoms with Crippen LogP contribution >= 0.6 is 0 Å². The Bertz CT molecular complexity index is 565. The van der Waals surface area contributed by atoms with Crippen LogP contribution in [0, 0.1) is 0 Å². The number of H-pyrrole nitrogens is 1. The molecule has 2 aromatic rings. The molecule has 0 unspecified atom stereocenters. The second kappa shape index (κ2) is 3.60. The molecule has 0 saturated heterocycles. The second-order valence-corrected chi connectivity index (χ2v) is 2.71. The Morgan fingerprint density at radius 2 is 2.33 bits per heavy atom. The van der Waals surface area contributed by atoms with Crippen molar-refractivity contribution in [3.05, 3.63) is 40.3 Å². The smallest absolute Gasteiger partial charge is 0.244 e. The third-order valence-corrected chi connectivity index (χ3v) is 1.74. The van der Waals surface area contributed by atoms with E-state index in [0.717, 1.165) is 10.7 Å². The van der Waals surface area contributed by atoms with Gasteiger partial charge in [-0.05, 0) is 22.5 Å². The normalized spacial score (nSPS) is 11.8. The van der Waals surface area contributed by atoms with E-state index in [1.54, 1.807) is 0 Å². The van der Waals surface area contributed by atoms with Crippen molar-refractivity contribution in [2.24, 2.45) is 0 Å². The monoisotopic (exact) mass is 214 g/mol. The van der Waals surface area contributed by atoms with Gasteiger partial charge in [-0.25, -0.2) is 18.7 Å². The van der Waals surface area contributed by atoms with Gasteiger partial charge in [0.1, 0.15) is 0 Å². The number of tetrazole rings is 1. The number of halogens is 2. The van der Waals surface area contributed by atoms with Crippen molar-refractivity contribution in [2.45, 2.75) is 6.43 Å². The third kappa shape index (κ3) is 1.76. The van der Waals surface area contributed by atoms with Crippen LogP contribution in [0.25, 0.3) is 5.69 Å². The number of rotatable bonds is 2. The molecular formula is C8H6F2N4O. The summed E-state index contributed by atoms with van der Waals surface area (Å²) >= 11 is 0. The van der Waals surface area contributed by atoms with E-state index in [0.29, 0.717) is 0 Å². The molecule has 0 spiro atoms. The fourth-order valence-electron chi connectivity index (χ4n) is 1.08. The van der Waals surface area contributed by atoms with Gasteiger partial charge < -0.3 is 0 Å². The van der Waals surface area contributed by atoms with E-state index in [1.807, 2.05) is 5.10 Å². The average Bonchev–Trinajstić information content (AvgIpc) is 2.64. The molecule has 0 radical (unpaired) electrons. The molecule has 1 aromatic heterocycles. The highest BCUT2D eigenvalue weighted by Gasteiger charge is 2.09. The topological polar surface area (TPSA) is 63.6 Å². The Kier molecular flexibility index (Phi) is 1.99. The zero-order valence-electron chi connectivity index (χ0n) is 8.32. The number of hydrogen-bond acceptors (Lipinski definition) is 3. The lowest BCUT2D eigenvalue weighted by atomic mass is 10.2. The summed E-state index contributed by atoms with van der Waals surface area (Å²) in [5.41, 5.74) is -1.16. The first-order valence-electron chi connectivity index (χ1n) is 4.49. The molecule has 0 aliphatic heterocycles. The van der Waals surface area contributed by atoms with Gasteiger partial charge in [0.15, 0.2) is 0 Å². The van der Waals surface area contributed by atoms with Gasteiger partial charge in [-0.2, -0.15) is 4.68 Å². The van der Waals surface area contributed by atoms with Gasteiger partial charge in [-0.1, -0.05) is 12.1 Å². The fraction of sp³-hybridized carbons (Fsp3) is 0.125. The van der Waals surface area contributed by atoms with E-state index in [4.69, 9.17) is 1.37 Å². The first-order valence-corrected chi connectivity index (χ1v) is 3.99. The first kappa shape index (κ1) is 8.27. The van der Waals surface area contributed by atoms with Crippen molar-refractivity contribution in [3.8, 4) is 5.69 Å². The number of aromatic amines is 1. The molecule has 15 heavy (non-hydrogen) atoms. The summed E-state index contributed by atoms with van der Waals surface area (Å²) in [7, 11) is 0. The van der Waals surface area contributed by atoms with Gasteiger partial charge in [0, 0.05) is 5.56 Å². The molecule has 0 amide bonds. The Labute approximate surface area is 83.7 Å². The van der Waals surface area contributed by atoms with Crippen LogP contribution in [0.1, 0.15) is 13.4 Å². The van der Waals surface area contributed by atoms with Crippen molar-refractivity contribution in [1.29, 1.82) is 0 Å². The van der Waals surface area contributed by atoms with Crippen molar-refractivity contribution < 1.29 is 10.2 Å². The van der Waals surface area contributed by atoms with E-state index in [-0.39, 0.29) is 5.69 Å². The van der Waals surface area contributed by atoms with Crippen molar-refractivity contribution in [1.82, 2.24) is 20.2 Å². The van der Waals surface area contributed by atoms with Gasteiger partial charge >= 0.3 is 5.69 Å². The summed E-state index contributed by atoms with van der Waals surface area (Å²) in [4.78, 5) is 11.2. The zero-order chi connectivity index (χ0) is 11.7. The highest BCUT2D eigenvalue weighted by Crippen LogP contribution is 2.20. The Morgan fingerprint density at radius 3 is 2.93 bits per heavy atom. The molecule has 7 heteroatoms. The maximum atomic E-state index is 12.5. The molecule has 0 fully saturated rings. The molecule has 5 nitrogen and oxygen atoms in total. The molecule has 0 aliphatic rings. The largest absolute Gasteiger partial charge is 0.365 e. The van der Waals surface area contributed by atoms with Crippen molar-refractivity contribution >= 4 is 0 Å². The predicted molar refractivity (Wildman–Crippen MR) is 46.9 cm³/mol. The lowest BCUT2D eigenvalue weighted by Gasteiger charge is -2.01. The zero-order valence-corrected chi connectivity index (χ0v) is 7.32. The molecule has 78 valence electrons. The number of alkyl halides is 2. The lowest BCUT2D eigenvalue weighted by Crippen LogP contribution is -2.16. The summed E-state index contributed by atoms with van der Waals surface area (Å²) in [5.74, 6) is 0. The van der Waals surface area contributed by atoms with Crippen molar-refractivity contribution in [2.75, 3.05) is 0 Å². The minimum Gasteiger partial charge on any atom is -0.244 e. The van der Waals surface area contributed by atoms with Gasteiger partial charge in [0.2, 0.25) is 0 Å². The van der Waals surface area contributed by atoms with Gasteiger partial charge in [-0.15, -0.1) is 0 Å². The summed E-state index contributed by atoms with van der Waals surface area (Å²) in [6.07, 6.45) is -2.77. The molecule has 2 rings (SSSR count). The average molecular weight is 214 g/mol. The van der Waals surface area contributed by atoms with Crippen LogP contribution in [0.5, 0.6) is 0 Å². The molecule has 1 heterocycles. The molecule has 0 atom stereocenters. The second-order valence-electron chi connectivity index (χ2n) is 2.71. The van der Waals surface area contributed by atoms with E-state index in [9.17, 15) is 13.6 Å². The highest BCUT2D eigenvalue weighted by molar-refractivity contribution is 5.34. The molecular weight excluding hydrogens is 206 g/mol. The van der Waals surface area contributed by atoms with Gasteiger partial charge in [0.25, 0.3) is 6.43 Å². The third-order valence-electron chi connectivity index (χ3n) is 1.74. The van der Waals surface area contributed by atoms with Crippen LogP contribution in [0.3, 0.4) is 0 Å². The Hall–Kier alpha value is -2.05. The fourth-order valence-corrected chi connectivity index (χ4v) is 1.08. The maximum Gasteiger partial charge on any atom is 0.365 e. The quantitative estimate of drug-likeness (QED) is 0.807. The van der Waals surface area contributed by atoms with E-state index < -0.39 is 23.7 Å². The number of benzene rings is 1. The number of nitrogens with one attached hydrogen (secondary N) is 1. The minimum absolute atomic E-state index is 0.0310. The first-order chi connectivity index (χ1) is 7.61. The summed E-state index contributed by atoms with van der Waals surface area (Å²) in [6.45, 7) is 0. The van der Waals surface area contributed by atoms with Gasteiger partial charge in [0.05, 0.1) is 7.06 Å². The molecule has 1 N–H and O–H groups in total. The number of aromatic nitrogens is 4. The van der Waals surface area contributed by atoms with Crippen LogP contribution in [0.4, 0.5) is 8.78 Å². The standard InChI is InChI=1S/C8H6F2N4O/c9-7(10)5-2-1-3-6(4-5)14-8(15)11-12-13-14/h1-4,7H,(H,11,13,15)/i4T. The number of nitrogens with zero attached hydrogens (tertiary/aromatic N) is 3. The predicted octanol–water partition coefficient (Wildman–Crippen LogP) is 0.893. The summed E-state index contributed by atoms with van der Waals surface area (Å²) < 4.78 is 33.3. The van der Waals surface area contributed by atoms with E-state index in [1.165, 1.54) is 12.1 Å². The van der Waals surface area contributed by atoms with Crippen LogP contribution in [-0.2, 0) is 0 Å². The van der Waals surface area contributed by atoms with Crippen LogP contribution in [0.15, 0.2) is 29.0 Å². The SMILES string of the molecule is [3H]c1c(C(F)F)cccc1-n1nn[nH]c1=O. The molecule has 0 saturated carbocycles. The molecule has 1 aromatic carbocycles. The molecule has 0 aliphatic carbocycles.